The lowest BCUT2D eigenvalue weighted by atomic mass is 9.87. The summed E-state index contributed by atoms with van der Waals surface area (Å²) in [5.74, 6) is 3.64. The van der Waals surface area contributed by atoms with Crippen LogP contribution in [0.25, 0.3) is 0 Å². The van der Waals surface area contributed by atoms with E-state index in [4.69, 9.17) is 18.9 Å². The maximum Gasteiger partial charge on any atom is 0.164 e. The molecule has 1 saturated heterocycles. The maximum atomic E-state index is 11.0. The molecule has 5 rings (SSSR count). The molecule has 0 bridgehead atoms. The predicted molar refractivity (Wildman–Crippen MR) is 113 cm³/mol. The number of likely N-dealkylation sites (tertiary alicyclic amines) is 1. The fourth-order valence-corrected chi connectivity index (χ4v) is 5.22. The van der Waals surface area contributed by atoms with Crippen molar-refractivity contribution in [3.8, 4) is 23.0 Å². The van der Waals surface area contributed by atoms with Crippen LogP contribution in [0.3, 0.4) is 0 Å². The highest BCUT2D eigenvalue weighted by atomic mass is 16.6. The minimum Gasteiger partial charge on any atom is -0.493 e. The van der Waals surface area contributed by atoms with E-state index in [-0.39, 0.29) is 6.04 Å². The summed E-state index contributed by atoms with van der Waals surface area (Å²) in [4.78, 5) is 2.44. The summed E-state index contributed by atoms with van der Waals surface area (Å²) in [5.41, 5.74) is 3.37. The van der Waals surface area contributed by atoms with Gasteiger partial charge in [0.25, 0.3) is 0 Å². The SMILES string of the molecule is COc1cc2c(cc1OC)[C@@H](O)[C@H](N1CCC(c3cccc4c3OCCO4)CC1)C2. The molecular formula is C24H29NO5. The van der Waals surface area contributed by atoms with Gasteiger partial charge >= 0.3 is 0 Å². The molecule has 2 atom stereocenters. The number of nitrogens with zero attached hydrogens (tertiary/aromatic N) is 1. The van der Waals surface area contributed by atoms with Gasteiger partial charge in [-0.2, -0.15) is 0 Å². The first-order valence-electron chi connectivity index (χ1n) is 10.7. The highest BCUT2D eigenvalue weighted by Gasteiger charge is 2.38. The zero-order valence-corrected chi connectivity index (χ0v) is 17.6. The second kappa shape index (κ2) is 8.00. The monoisotopic (exact) mass is 411 g/mol. The lowest BCUT2D eigenvalue weighted by Gasteiger charge is -2.38. The highest BCUT2D eigenvalue weighted by Crippen LogP contribution is 2.44. The van der Waals surface area contributed by atoms with Crippen molar-refractivity contribution in [3.63, 3.8) is 0 Å². The molecule has 0 unspecified atom stereocenters. The molecule has 0 amide bonds. The number of hydrogen-bond donors (Lipinski definition) is 1. The third-order valence-electron chi connectivity index (χ3n) is 6.79. The van der Waals surface area contributed by atoms with Crippen molar-refractivity contribution < 1.29 is 24.1 Å². The maximum absolute atomic E-state index is 11.0. The lowest BCUT2D eigenvalue weighted by Crippen LogP contribution is -2.43. The standard InChI is InChI=1S/C24H29NO5/c1-27-21-13-16-12-19(23(26)18(16)14-22(21)28-2)25-8-6-15(7-9-25)17-4-3-5-20-24(17)30-11-10-29-20/h3-5,13-15,19,23,26H,6-12H2,1-2H3/t19-,23-/m1/s1. The number of aliphatic hydroxyl groups excluding tert-OH is 1. The Labute approximate surface area is 177 Å². The molecule has 6 nitrogen and oxygen atoms in total. The van der Waals surface area contributed by atoms with Crippen molar-refractivity contribution in [1.82, 2.24) is 4.90 Å². The molecule has 1 aliphatic carbocycles. The van der Waals surface area contributed by atoms with Crippen LogP contribution in [0.1, 0.15) is 41.6 Å². The van der Waals surface area contributed by atoms with Gasteiger partial charge in [-0.05, 0) is 67.6 Å². The summed E-state index contributed by atoms with van der Waals surface area (Å²) in [6.07, 6.45) is 2.43. The van der Waals surface area contributed by atoms with Crippen molar-refractivity contribution in [2.24, 2.45) is 0 Å². The molecule has 0 aromatic heterocycles. The average Bonchev–Trinajstić information content (AvgIpc) is 3.13. The Hall–Kier alpha value is -2.44. The van der Waals surface area contributed by atoms with Gasteiger partial charge in [-0.3, -0.25) is 4.90 Å². The largest absolute Gasteiger partial charge is 0.493 e. The third kappa shape index (κ3) is 3.28. The zero-order valence-electron chi connectivity index (χ0n) is 17.6. The number of para-hydroxylation sites is 1. The van der Waals surface area contributed by atoms with Crippen molar-refractivity contribution in [2.75, 3.05) is 40.5 Å². The van der Waals surface area contributed by atoms with E-state index in [0.29, 0.717) is 24.9 Å². The summed E-state index contributed by atoms with van der Waals surface area (Å²) in [6.45, 7) is 3.14. The first-order chi connectivity index (χ1) is 14.7. The van der Waals surface area contributed by atoms with E-state index in [1.165, 1.54) is 5.56 Å². The normalized spacial score (nSPS) is 23.8. The van der Waals surface area contributed by atoms with Gasteiger partial charge in [-0.25, -0.2) is 0 Å². The van der Waals surface area contributed by atoms with E-state index in [2.05, 4.69) is 17.0 Å². The topological polar surface area (TPSA) is 60.4 Å². The molecule has 2 aromatic carbocycles. The van der Waals surface area contributed by atoms with Gasteiger partial charge in [0, 0.05) is 11.6 Å². The Morgan fingerprint density at radius 1 is 0.967 bits per heavy atom. The Morgan fingerprint density at radius 2 is 1.70 bits per heavy atom. The van der Waals surface area contributed by atoms with Gasteiger partial charge in [0.1, 0.15) is 13.2 Å². The third-order valence-corrected chi connectivity index (χ3v) is 6.79. The number of methoxy groups -OCH3 is 2. The lowest BCUT2D eigenvalue weighted by molar-refractivity contribution is 0.0453. The number of aliphatic hydroxyl groups is 1. The van der Waals surface area contributed by atoms with Gasteiger partial charge in [0.05, 0.1) is 20.3 Å². The molecule has 2 aromatic rings. The zero-order chi connectivity index (χ0) is 20.7. The Kier molecular flexibility index (Phi) is 5.21. The van der Waals surface area contributed by atoms with E-state index in [0.717, 1.165) is 60.7 Å². The van der Waals surface area contributed by atoms with Crippen LogP contribution in [0, 0.1) is 0 Å². The van der Waals surface area contributed by atoms with Crippen molar-refractivity contribution >= 4 is 0 Å². The minimum atomic E-state index is -0.502. The molecule has 160 valence electrons. The van der Waals surface area contributed by atoms with Crippen LogP contribution < -0.4 is 18.9 Å². The van der Waals surface area contributed by atoms with Gasteiger partial charge in [0.15, 0.2) is 23.0 Å². The summed E-state index contributed by atoms with van der Waals surface area (Å²) in [6, 6.07) is 10.3. The van der Waals surface area contributed by atoms with Crippen LogP contribution in [0.4, 0.5) is 0 Å². The van der Waals surface area contributed by atoms with Gasteiger partial charge in [-0.1, -0.05) is 12.1 Å². The first kappa shape index (κ1) is 19.5. The van der Waals surface area contributed by atoms with E-state index in [9.17, 15) is 5.11 Å². The van der Waals surface area contributed by atoms with E-state index in [1.807, 2.05) is 18.2 Å². The molecule has 2 heterocycles. The fraction of sp³-hybridized carbons (Fsp3) is 0.500. The van der Waals surface area contributed by atoms with Crippen LogP contribution in [0.5, 0.6) is 23.0 Å². The van der Waals surface area contributed by atoms with Crippen LogP contribution in [0.2, 0.25) is 0 Å². The van der Waals surface area contributed by atoms with E-state index < -0.39 is 6.10 Å². The summed E-state index contributed by atoms with van der Waals surface area (Å²) < 4.78 is 22.6. The number of ether oxygens (including phenoxy) is 4. The first-order valence-corrected chi connectivity index (χ1v) is 10.7. The number of piperidine rings is 1. The summed E-state index contributed by atoms with van der Waals surface area (Å²) in [7, 11) is 3.28. The Bertz CT molecular complexity index is 922. The Balaban J connectivity index is 1.29. The van der Waals surface area contributed by atoms with Crippen molar-refractivity contribution in [3.05, 3.63) is 47.0 Å². The van der Waals surface area contributed by atoms with Gasteiger partial charge in [0.2, 0.25) is 0 Å². The van der Waals surface area contributed by atoms with Gasteiger partial charge in [-0.15, -0.1) is 0 Å². The second-order valence-electron chi connectivity index (χ2n) is 8.30. The number of rotatable bonds is 4. The van der Waals surface area contributed by atoms with Gasteiger partial charge < -0.3 is 24.1 Å². The fourth-order valence-electron chi connectivity index (χ4n) is 5.22. The molecule has 2 aliphatic heterocycles. The molecule has 30 heavy (non-hydrogen) atoms. The molecule has 6 heteroatoms. The number of benzene rings is 2. The van der Waals surface area contributed by atoms with E-state index in [1.54, 1.807) is 14.2 Å². The number of hydrogen-bond acceptors (Lipinski definition) is 6. The molecule has 0 radical (unpaired) electrons. The summed E-state index contributed by atoms with van der Waals surface area (Å²) in [5, 5.41) is 11.0. The predicted octanol–water partition coefficient (Wildman–Crippen LogP) is 3.31. The van der Waals surface area contributed by atoms with Crippen molar-refractivity contribution in [2.45, 2.75) is 37.3 Å². The molecule has 1 N–H and O–H groups in total. The number of fused-ring (bicyclic) bond motifs is 2. The smallest absolute Gasteiger partial charge is 0.164 e. The van der Waals surface area contributed by atoms with Crippen LogP contribution in [-0.2, 0) is 6.42 Å². The van der Waals surface area contributed by atoms with Crippen LogP contribution in [0.15, 0.2) is 30.3 Å². The second-order valence-corrected chi connectivity index (χ2v) is 8.30. The molecule has 3 aliphatic rings. The van der Waals surface area contributed by atoms with Crippen molar-refractivity contribution in [1.29, 1.82) is 0 Å². The Morgan fingerprint density at radius 3 is 2.47 bits per heavy atom. The average molecular weight is 411 g/mol. The quantitative estimate of drug-likeness (QED) is 0.833. The van der Waals surface area contributed by atoms with Crippen LogP contribution >= 0.6 is 0 Å². The van der Waals surface area contributed by atoms with E-state index >= 15 is 0 Å². The molecule has 1 fully saturated rings. The highest BCUT2D eigenvalue weighted by molar-refractivity contribution is 5.51. The molecular weight excluding hydrogens is 382 g/mol. The van der Waals surface area contributed by atoms with Crippen LogP contribution in [-0.4, -0.2) is 56.6 Å². The molecule has 0 saturated carbocycles. The summed E-state index contributed by atoms with van der Waals surface area (Å²) >= 11 is 0. The molecule has 0 spiro atoms. The minimum absolute atomic E-state index is 0.0991.